The van der Waals surface area contributed by atoms with Gasteiger partial charge < -0.3 is 20.3 Å². The van der Waals surface area contributed by atoms with Gasteiger partial charge in [0, 0.05) is 47.5 Å². The fraction of sp³-hybridized carbons (Fsp3) is 0.455. The third-order valence-corrected chi connectivity index (χ3v) is 6.11. The maximum absolute atomic E-state index is 12.4. The number of aromatic nitrogens is 4. The first-order valence-corrected chi connectivity index (χ1v) is 10.9. The number of carbonyl (C=O) groups is 1. The molecule has 3 N–H and O–H groups in total. The summed E-state index contributed by atoms with van der Waals surface area (Å²) in [5.74, 6) is 2.20. The van der Waals surface area contributed by atoms with Gasteiger partial charge in [-0.2, -0.15) is 5.10 Å². The van der Waals surface area contributed by atoms with Crippen LogP contribution in [0.3, 0.4) is 0 Å². The molecule has 3 aromatic heterocycles. The van der Waals surface area contributed by atoms with Crippen LogP contribution in [0, 0.1) is 6.92 Å². The van der Waals surface area contributed by atoms with Gasteiger partial charge in [0.2, 0.25) is 0 Å². The highest BCUT2D eigenvalue weighted by Gasteiger charge is 2.44. The second-order valence-electron chi connectivity index (χ2n) is 8.29. The largest absolute Gasteiger partial charge is 0.450 e. The summed E-state index contributed by atoms with van der Waals surface area (Å²) >= 11 is 0. The molecule has 9 heteroatoms. The summed E-state index contributed by atoms with van der Waals surface area (Å²) in [7, 11) is 0. The first-order chi connectivity index (χ1) is 15.1. The van der Waals surface area contributed by atoms with E-state index in [0.717, 1.165) is 48.1 Å². The van der Waals surface area contributed by atoms with Gasteiger partial charge >= 0.3 is 6.09 Å². The predicted octanol–water partition coefficient (Wildman–Crippen LogP) is 3.97. The van der Waals surface area contributed by atoms with E-state index in [0.29, 0.717) is 18.2 Å². The summed E-state index contributed by atoms with van der Waals surface area (Å²) in [5.41, 5.74) is 1.84. The van der Waals surface area contributed by atoms with Gasteiger partial charge in [0.05, 0.1) is 12.1 Å². The quantitative estimate of drug-likeness (QED) is 0.572. The Labute approximate surface area is 180 Å². The molecule has 3 atom stereocenters. The second-order valence-corrected chi connectivity index (χ2v) is 8.29. The predicted molar refractivity (Wildman–Crippen MR) is 118 cm³/mol. The fourth-order valence-electron chi connectivity index (χ4n) is 4.85. The topological polar surface area (TPSA) is 108 Å². The van der Waals surface area contributed by atoms with Crippen molar-refractivity contribution in [3.05, 3.63) is 36.2 Å². The zero-order valence-corrected chi connectivity index (χ0v) is 17.8. The van der Waals surface area contributed by atoms with Gasteiger partial charge in [0.15, 0.2) is 5.82 Å². The van der Waals surface area contributed by atoms with E-state index in [1.807, 2.05) is 43.0 Å². The molecule has 5 heterocycles. The molecular formula is C22H27N7O2. The van der Waals surface area contributed by atoms with E-state index in [-0.39, 0.29) is 24.2 Å². The summed E-state index contributed by atoms with van der Waals surface area (Å²) in [5, 5.41) is 15.1. The highest BCUT2D eigenvalue weighted by molar-refractivity contribution is 5.91. The molecule has 3 aromatic rings. The van der Waals surface area contributed by atoms with Crippen LogP contribution in [0.25, 0.3) is 10.9 Å². The van der Waals surface area contributed by atoms with E-state index in [1.165, 1.54) is 0 Å². The number of aromatic amines is 1. The van der Waals surface area contributed by atoms with Crippen molar-refractivity contribution in [2.45, 2.75) is 57.7 Å². The molecule has 5 rings (SSSR count). The van der Waals surface area contributed by atoms with Crippen molar-refractivity contribution in [2.75, 3.05) is 17.2 Å². The zero-order chi connectivity index (χ0) is 21.4. The molecule has 0 saturated carbocycles. The minimum absolute atomic E-state index is 0.179. The standard InChI is InChI=1S/C22H27N7O2/c1-3-31-22(30)29-15-6-7-16(29)11-14(10-15)24-21-17-5-4-8-23-18(17)12-19(26-21)25-20-9-13(2)27-28-20/h4-5,8-9,12,14-16H,3,6-7,10-11H2,1-2H3,(H3,24,25,26,27,28)/t14?,15-,16+. The number of ether oxygens (including phenoxy) is 1. The van der Waals surface area contributed by atoms with Crippen LogP contribution in [-0.2, 0) is 4.74 Å². The van der Waals surface area contributed by atoms with Crippen molar-refractivity contribution in [2.24, 2.45) is 0 Å². The van der Waals surface area contributed by atoms with Crippen LogP contribution in [-0.4, -0.2) is 55.9 Å². The molecule has 0 spiro atoms. The number of fused-ring (bicyclic) bond motifs is 3. The van der Waals surface area contributed by atoms with E-state index >= 15 is 0 Å². The molecule has 0 aliphatic carbocycles. The van der Waals surface area contributed by atoms with Crippen molar-refractivity contribution in [1.29, 1.82) is 0 Å². The Kier molecular flexibility index (Phi) is 5.09. The smallest absolute Gasteiger partial charge is 0.410 e. The fourth-order valence-corrected chi connectivity index (χ4v) is 4.85. The molecule has 1 unspecified atom stereocenters. The van der Waals surface area contributed by atoms with Crippen molar-refractivity contribution in [3.63, 3.8) is 0 Å². The minimum Gasteiger partial charge on any atom is -0.450 e. The minimum atomic E-state index is -0.179. The average Bonchev–Trinajstić information content (AvgIpc) is 3.28. The van der Waals surface area contributed by atoms with Crippen LogP contribution >= 0.6 is 0 Å². The maximum Gasteiger partial charge on any atom is 0.410 e. The Morgan fingerprint density at radius 2 is 2.06 bits per heavy atom. The number of hydrogen-bond donors (Lipinski definition) is 3. The summed E-state index contributed by atoms with van der Waals surface area (Å²) < 4.78 is 5.28. The van der Waals surface area contributed by atoms with Gasteiger partial charge in [-0.3, -0.25) is 10.1 Å². The molecule has 2 saturated heterocycles. The number of anilines is 3. The Balaban J connectivity index is 1.38. The average molecular weight is 422 g/mol. The summed E-state index contributed by atoms with van der Waals surface area (Å²) in [6, 6.07) is 8.48. The van der Waals surface area contributed by atoms with Crippen molar-refractivity contribution in [3.8, 4) is 0 Å². The van der Waals surface area contributed by atoms with Crippen LogP contribution < -0.4 is 10.6 Å². The zero-order valence-electron chi connectivity index (χ0n) is 17.8. The monoisotopic (exact) mass is 421 g/mol. The van der Waals surface area contributed by atoms with Gasteiger partial charge in [-0.25, -0.2) is 9.78 Å². The lowest BCUT2D eigenvalue weighted by molar-refractivity contribution is 0.0711. The number of piperidine rings is 1. The molecule has 2 aliphatic rings. The van der Waals surface area contributed by atoms with Crippen molar-refractivity contribution < 1.29 is 9.53 Å². The third kappa shape index (κ3) is 3.87. The van der Waals surface area contributed by atoms with Gasteiger partial charge in [-0.05, 0) is 51.7 Å². The maximum atomic E-state index is 12.4. The molecule has 162 valence electrons. The molecule has 0 radical (unpaired) electrons. The highest BCUT2D eigenvalue weighted by atomic mass is 16.6. The molecule has 9 nitrogen and oxygen atoms in total. The summed E-state index contributed by atoms with van der Waals surface area (Å²) in [6.07, 6.45) is 5.42. The Morgan fingerprint density at radius 1 is 1.26 bits per heavy atom. The number of aryl methyl sites for hydroxylation is 1. The van der Waals surface area contributed by atoms with Gasteiger partial charge in [-0.15, -0.1) is 0 Å². The summed E-state index contributed by atoms with van der Waals surface area (Å²) in [6.45, 7) is 4.22. The van der Waals surface area contributed by atoms with Gasteiger partial charge in [-0.1, -0.05) is 0 Å². The number of nitrogens with one attached hydrogen (secondary N) is 3. The van der Waals surface area contributed by atoms with E-state index in [2.05, 4.69) is 25.8 Å². The molecule has 0 aromatic carbocycles. The van der Waals surface area contributed by atoms with Crippen LogP contribution in [0.15, 0.2) is 30.5 Å². The Bertz CT molecular complexity index is 1080. The molecule has 1 amide bonds. The number of carbonyl (C=O) groups excluding carboxylic acids is 1. The number of nitrogens with zero attached hydrogens (tertiary/aromatic N) is 4. The molecule has 31 heavy (non-hydrogen) atoms. The Morgan fingerprint density at radius 3 is 2.77 bits per heavy atom. The number of H-pyrrole nitrogens is 1. The van der Waals surface area contributed by atoms with Crippen molar-refractivity contribution >= 4 is 34.4 Å². The van der Waals surface area contributed by atoms with Gasteiger partial charge in [0.25, 0.3) is 0 Å². The van der Waals surface area contributed by atoms with Crippen LogP contribution in [0.4, 0.5) is 22.2 Å². The number of amides is 1. The second kappa shape index (κ2) is 8.05. The SMILES string of the molecule is CCOC(=O)N1[C@@H]2CC[C@H]1CC(Nc1nc(Nc3cc(C)[nH]n3)cc3ncccc13)C2. The summed E-state index contributed by atoms with van der Waals surface area (Å²) in [4.78, 5) is 23.7. The molecule has 2 bridgehead atoms. The normalized spacial score (nSPS) is 22.5. The van der Waals surface area contributed by atoms with E-state index in [9.17, 15) is 4.79 Å². The molecule has 2 aliphatic heterocycles. The third-order valence-electron chi connectivity index (χ3n) is 6.11. The van der Waals surface area contributed by atoms with Crippen LogP contribution in [0.5, 0.6) is 0 Å². The first kappa shape index (κ1) is 19.6. The number of hydrogen-bond acceptors (Lipinski definition) is 7. The highest BCUT2D eigenvalue weighted by Crippen LogP contribution is 2.38. The van der Waals surface area contributed by atoms with Gasteiger partial charge in [0.1, 0.15) is 11.6 Å². The lowest BCUT2D eigenvalue weighted by Crippen LogP contribution is -2.50. The first-order valence-electron chi connectivity index (χ1n) is 10.9. The van der Waals surface area contributed by atoms with E-state index < -0.39 is 0 Å². The van der Waals surface area contributed by atoms with Crippen LogP contribution in [0.2, 0.25) is 0 Å². The number of rotatable bonds is 5. The number of pyridine rings is 2. The van der Waals surface area contributed by atoms with E-state index in [1.54, 1.807) is 6.20 Å². The van der Waals surface area contributed by atoms with Crippen LogP contribution in [0.1, 0.15) is 38.3 Å². The lowest BCUT2D eigenvalue weighted by Gasteiger charge is -2.38. The van der Waals surface area contributed by atoms with Crippen molar-refractivity contribution in [1.82, 2.24) is 25.1 Å². The molecule has 2 fully saturated rings. The molecular weight excluding hydrogens is 394 g/mol. The lowest BCUT2D eigenvalue weighted by atomic mass is 9.97. The van der Waals surface area contributed by atoms with E-state index in [4.69, 9.17) is 9.72 Å². The Hall–Kier alpha value is -3.36.